The Balaban J connectivity index is 2.51. The summed E-state index contributed by atoms with van der Waals surface area (Å²) >= 11 is 0. The van der Waals surface area contributed by atoms with Crippen molar-refractivity contribution in [2.45, 2.75) is 26.4 Å². The predicted molar refractivity (Wildman–Crippen MR) is 39.2 cm³/mol. The fourth-order valence-electron chi connectivity index (χ4n) is 1.12. The molecule has 1 aliphatic heterocycles. The average Bonchev–Trinajstić information content (AvgIpc) is 2.16. The Labute approximate surface area is 57.0 Å². The predicted octanol–water partition coefficient (Wildman–Crippen LogP) is 0.551. The summed E-state index contributed by atoms with van der Waals surface area (Å²) in [4.78, 5) is 0. The molecular weight excluding hydrogens is 112 g/mol. The molecule has 0 unspecified atom stereocenters. The van der Waals surface area contributed by atoms with E-state index in [2.05, 4.69) is 31.4 Å². The molecule has 1 heterocycles. The van der Waals surface area contributed by atoms with E-state index in [9.17, 15) is 0 Å². The van der Waals surface area contributed by atoms with Crippen molar-refractivity contribution in [3.05, 3.63) is 0 Å². The number of hydrogen-bond acceptors (Lipinski definition) is 2. The van der Waals surface area contributed by atoms with Crippen LogP contribution in [-0.2, 0) is 0 Å². The molecule has 54 valence electrons. The fraction of sp³-hybridized carbons (Fsp3) is 1.00. The van der Waals surface area contributed by atoms with Gasteiger partial charge < -0.3 is 0 Å². The van der Waals surface area contributed by atoms with Crippen molar-refractivity contribution in [2.75, 3.05) is 13.1 Å². The molecule has 0 aromatic carbocycles. The molecule has 9 heavy (non-hydrogen) atoms. The van der Waals surface area contributed by atoms with Gasteiger partial charge in [0.1, 0.15) is 0 Å². The van der Waals surface area contributed by atoms with E-state index < -0.39 is 0 Å². The highest BCUT2D eigenvalue weighted by Crippen LogP contribution is 2.14. The largest absolute Gasteiger partial charge is 0.298 e. The van der Waals surface area contributed by atoms with Crippen LogP contribution in [0.3, 0.4) is 0 Å². The second-order valence-corrected chi connectivity index (χ2v) is 3.21. The summed E-state index contributed by atoms with van der Waals surface area (Å²) in [5.41, 5.74) is 0.194. The number of nitrogens with one attached hydrogen (secondary N) is 2. The Morgan fingerprint density at radius 3 is 1.89 bits per heavy atom. The lowest BCUT2D eigenvalue weighted by Gasteiger charge is -2.29. The lowest BCUT2D eigenvalue weighted by atomic mass is 10.00. The summed E-state index contributed by atoms with van der Waals surface area (Å²) < 4.78 is 0. The monoisotopic (exact) mass is 128 g/mol. The van der Waals surface area contributed by atoms with E-state index in [1.54, 1.807) is 0 Å². The average molecular weight is 128 g/mol. The van der Waals surface area contributed by atoms with Crippen LogP contribution in [0.25, 0.3) is 0 Å². The van der Waals surface area contributed by atoms with E-state index in [-0.39, 0.29) is 5.66 Å². The highest BCUT2D eigenvalue weighted by Gasteiger charge is 2.30. The maximum absolute atomic E-state index is 3.42. The zero-order chi connectivity index (χ0) is 6.91. The second kappa shape index (κ2) is 2.27. The Bertz CT molecular complexity index is 93.1. The Morgan fingerprint density at radius 1 is 1.22 bits per heavy atom. The molecule has 0 bridgehead atoms. The first kappa shape index (κ1) is 7.03. The van der Waals surface area contributed by atoms with Crippen LogP contribution in [0, 0.1) is 5.92 Å². The normalized spacial score (nSPS) is 25.3. The summed E-state index contributed by atoms with van der Waals surface area (Å²) in [6.45, 7) is 8.88. The third-order valence-electron chi connectivity index (χ3n) is 2.26. The molecule has 0 amide bonds. The number of hydrogen-bond donors (Lipinski definition) is 2. The van der Waals surface area contributed by atoms with Crippen molar-refractivity contribution >= 4 is 0 Å². The zero-order valence-electron chi connectivity index (χ0n) is 6.49. The minimum absolute atomic E-state index is 0.194. The molecule has 2 N–H and O–H groups in total. The van der Waals surface area contributed by atoms with Crippen molar-refractivity contribution in [1.29, 1.82) is 0 Å². The quantitative estimate of drug-likeness (QED) is 0.539. The molecule has 0 spiro atoms. The summed E-state index contributed by atoms with van der Waals surface area (Å²) in [6.07, 6.45) is 0. The lowest BCUT2D eigenvalue weighted by molar-refractivity contribution is 0.267. The maximum Gasteiger partial charge on any atom is 0.0682 e. The van der Waals surface area contributed by atoms with E-state index in [4.69, 9.17) is 0 Å². The van der Waals surface area contributed by atoms with Crippen molar-refractivity contribution in [1.82, 2.24) is 10.6 Å². The van der Waals surface area contributed by atoms with E-state index >= 15 is 0 Å². The molecule has 1 aliphatic rings. The molecule has 1 fully saturated rings. The Morgan fingerprint density at radius 2 is 1.67 bits per heavy atom. The molecule has 0 aromatic heterocycles. The van der Waals surface area contributed by atoms with Crippen LogP contribution in [-0.4, -0.2) is 18.8 Å². The van der Waals surface area contributed by atoms with E-state index in [0.29, 0.717) is 5.92 Å². The maximum atomic E-state index is 3.42. The van der Waals surface area contributed by atoms with Crippen LogP contribution in [0.1, 0.15) is 20.8 Å². The first-order valence-corrected chi connectivity index (χ1v) is 3.65. The van der Waals surface area contributed by atoms with Gasteiger partial charge in [-0.1, -0.05) is 13.8 Å². The molecule has 0 radical (unpaired) electrons. The number of rotatable bonds is 1. The van der Waals surface area contributed by atoms with Gasteiger partial charge in [0.05, 0.1) is 5.66 Å². The van der Waals surface area contributed by atoms with Gasteiger partial charge in [-0.3, -0.25) is 10.6 Å². The third kappa shape index (κ3) is 1.25. The standard InChI is InChI=1S/C7H16N2/c1-6(2)7(3)8-4-5-9-7/h6,8-9H,4-5H2,1-3H3. The van der Waals surface area contributed by atoms with Gasteiger partial charge in [-0.2, -0.15) is 0 Å². The minimum Gasteiger partial charge on any atom is -0.298 e. The van der Waals surface area contributed by atoms with Crippen LogP contribution in [0.5, 0.6) is 0 Å². The first-order valence-electron chi connectivity index (χ1n) is 3.65. The molecule has 2 nitrogen and oxygen atoms in total. The lowest BCUT2D eigenvalue weighted by Crippen LogP contribution is -2.50. The van der Waals surface area contributed by atoms with Crippen LogP contribution in [0.4, 0.5) is 0 Å². The first-order chi connectivity index (χ1) is 4.15. The topological polar surface area (TPSA) is 24.1 Å². The minimum atomic E-state index is 0.194. The van der Waals surface area contributed by atoms with E-state index in [0.717, 1.165) is 13.1 Å². The Hall–Kier alpha value is -0.0800. The van der Waals surface area contributed by atoms with Crippen LogP contribution < -0.4 is 10.6 Å². The SMILES string of the molecule is CC(C)C1(C)NCCN1. The second-order valence-electron chi connectivity index (χ2n) is 3.21. The van der Waals surface area contributed by atoms with Crippen LogP contribution in [0.15, 0.2) is 0 Å². The smallest absolute Gasteiger partial charge is 0.0682 e. The summed E-state index contributed by atoms with van der Waals surface area (Å²) in [5, 5.41) is 6.84. The van der Waals surface area contributed by atoms with E-state index in [1.807, 2.05) is 0 Å². The van der Waals surface area contributed by atoms with Crippen LogP contribution >= 0.6 is 0 Å². The zero-order valence-corrected chi connectivity index (χ0v) is 6.49. The van der Waals surface area contributed by atoms with Crippen molar-refractivity contribution in [3.8, 4) is 0 Å². The van der Waals surface area contributed by atoms with Gasteiger partial charge >= 0.3 is 0 Å². The van der Waals surface area contributed by atoms with Crippen molar-refractivity contribution in [3.63, 3.8) is 0 Å². The van der Waals surface area contributed by atoms with Gasteiger partial charge in [0, 0.05) is 13.1 Å². The van der Waals surface area contributed by atoms with Crippen molar-refractivity contribution < 1.29 is 0 Å². The highest BCUT2D eigenvalue weighted by atomic mass is 15.2. The van der Waals surface area contributed by atoms with Crippen molar-refractivity contribution in [2.24, 2.45) is 5.92 Å². The highest BCUT2D eigenvalue weighted by molar-refractivity contribution is 4.88. The van der Waals surface area contributed by atoms with Gasteiger partial charge in [-0.25, -0.2) is 0 Å². The molecule has 1 rings (SSSR count). The molecule has 0 aliphatic carbocycles. The molecule has 2 heteroatoms. The van der Waals surface area contributed by atoms with E-state index in [1.165, 1.54) is 0 Å². The van der Waals surface area contributed by atoms with Gasteiger partial charge in [0.15, 0.2) is 0 Å². The van der Waals surface area contributed by atoms with Gasteiger partial charge in [-0.15, -0.1) is 0 Å². The fourth-order valence-corrected chi connectivity index (χ4v) is 1.12. The Kier molecular flexibility index (Phi) is 1.78. The molecule has 0 saturated carbocycles. The van der Waals surface area contributed by atoms with Gasteiger partial charge in [-0.05, 0) is 12.8 Å². The van der Waals surface area contributed by atoms with Gasteiger partial charge in [0.2, 0.25) is 0 Å². The summed E-state index contributed by atoms with van der Waals surface area (Å²) in [6, 6.07) is 0. The van der Waals surface area contributed by atoms with Crippen LogP contribution in [0.2, 0.25) is 0 Å². The third-order valence-corrected chi connectivity index (χ3v) is 2.26. The van der Waals surface area contributed by atoms with Gasteiger partial charge in [0.25, 0.3) is 0 Å². The molecular formula is C7H16N2. The molecule has 1 saturated heterocycles. The summed E-state index contributed by atoms with van der Waals surface area (Å²) in [5.74, 6) is 0.667. The summed E-state index contributed by atoms with van der Waals surface area (Å²) in [7, 11) is 0. The molecule has 0 aromatic rings. The molecule has 0 atom stereocenters.